The molecule has 2 aromatic rings. The Kier molecular flexibility index (Phi) is 7.81. The summed E-state index contributed by atoms with van der Waals surface area (Å²) >= 11 is 0. The molecule has 7 heteroatoms. The lowest BCUT2D eigenvalue weighted by Crippen LogP contribution is -2.50. The number of ether oxygens (including phenoxy) is 2. The predicted octanol–water partition coefficient (Wildman–Crippen LogP) is 2.66. The number of nitrogens with zero attached hydrogens (tertiary/aromatic N) is 2. The summed E-state index contributed by atoms with van der Waals surface area (Å²) in [5.41, 5.74) is 3.62. The van der Waals surface area contributed by atoms with Gasteiger partial charge in [-0.05, 0) is 29.8 Å². The Bertz CT molecular complexity index is 910. The Labute approximate surface area is 183 Å². The van der Waals surface area contributed by atoms with Gasteiger partial charge in [0.2, 0.25) is 5.90 Å². The number of aliphatic hydroxyl groups is 1. The number of carbonyl (C=O) groups is 1. The fourth-order valence-corrected chi connectivity index (χ4v) is 3.12. The van der Waals surface area contributed by atoms with E-state index in [4.69, 9.17) is 19.6 Å². The van der Waals surface area contributed by atoms with E-state index < -0.39 is 5.54 Å². The Morgan fingerprint density at radius 3 is 2.65 bits per heavy atom. The topological polar surface area (TPSA) is 83.4 Å². The smallest absolute Gasteiger partial charge is 0.266 e. The van der Waals surface area contributed by atoms with Gasteiger partial charge in [-0.25, -0.2) is 10.0 Å². The minimum atomic E-state index is -1.04. The second-order valence-electron chi connectivity index (χ2n) is 7.54. The van der Waals surface area contributed by atoms with Crippen LogP contribution in [-0.2, 0) is 9.53 Å². The van der Waals surface area contributed by atoms with Gasteiger partial charge >= 0.3 is 0 Å². The first kappa shape index (κ1) is 22.5. The number of hydrogen-bond donors (Lipinski definition) is 2. The Morgan fingerprint density at radius 2 is 1.97 bits per heavy atom. The molecule has 0 radical (unpaired) electrons. The van der Waals surface area contributed by atoms with Crippen molar-refractivity contribution < 1.29 is 19.4 Å². The fourth-order valence-electron chi connectivity index (χ4n) is 3.12. The zero-order chi connectivity index (χ0) is 22.1. The average Bonchev–Trinajstić information content (AvgIpc) is 3.20. The molecule has 7 nitrogen and oxygen atoms in total. The van der Waals surface area contributed by atoms with Crippen molar-refractivity contribution >= 4 is 17.9 Å². The van der Waals surface area contributed by atoms with Gasteiger partial charge in [-0.3, -0.25) is 10.2 Å². The van der Waals surface area contributed by atoms with Crippen LogP contribution in [0, 0.1) is 0 Å². The first-order chi connectivity index (χ1) is 15.0. The third kappa shape index (κ3) is 6.16. The Balaban J connectivity index is 1.78. The number of carbonyl (C=O) groups excluding carboxylic acids is 1. The maximum absolute atomic E-state index is 13.0. The van der Waals surface area contributed by atoms with Crippen molar-refractivity contribution in [2.24, 2.45) is 4.99 Å². The van der Waals surface area contributed by atoms with Crippen LogP contribution in [-0.4, -0.2) is 61.4 Å². The van der Waals surface area contributed by atoms with E-state index in [-0.39, 0.29) is 19.1 Å². The lowest BCUT2D eigenvalue weighted by Gasteiger charge is -2.24. The first-order valence-electron chi connectivity index (χ1n) is 10.3. The highest BCUT2D eigenvalue weighted by Gasteiger charge is 2.43. The van der Waals surface area contributed by atoms with Crippen LogP contribution in [0.2, 0.25) is 0 Å². The summed E-state index contributed by atoms with van der Waals surface area (Å²) in [5, 5.41) is 10.5. The van der Waals surface area contributed by atoms with Crippen LogP contribution in [0.1, 0.15) is 24.0 Å². The SMILES string of the molecule is CN(C)NC(=O)[C@]1(C/C=C/c2ccccc2)COC(c2ccc(OCCCO)cc2)=N1. The zero-order valence-electron chi connectivity index (χ0n) is 18.0. The number of benzene rings is 2. The molecule has 0 fully saturated rings. The van der Waals surface area contributed by atoms with Gasteiger partial charge in [0, 0.05) is 39.1 Å². The van der Waals surface area contributed by atoms with Gasteiger partial charge in [0.25, 0.3) is 5.91 Å². The summed E-state index contributed by atoms with van der Waals surface area (Å²) in [5.74, 6) is 0.927. The van der Waals surface area contributed by atoms with Crippen molar-refractivity contribution in [3.63, 3.8) is 0 Å². The quantitative estimate of drug-likeness (QED) is 0.453. The lowest BCUT2D eigenvalue weighted by molar-refractivity contribution is -0.130. The third-order valence-corrected chi connectivity index (χ3v) is 4.75. The summed E-state index contributed by atoms with van der Waals surface area (Å²) in [6.45, 7) is 0.712. The van der Waals surface area contributed by atoms with E-state index in [2.05, 4.69) is 5.43 Å². The van der Waals surface area contributed by atoms with Gasteiger partial charge in [0.05, 0.1) is 6.61 Å². The molecule has 0 aliphatic carbocycles. The second-order valence-corrected chi connectivity index (χ2v) is 7.54. The molecule has 3 rings (SSSR count). The van der Waals surface area contributed by atoms with Crippen LogP contribution in [0.5, 0.6) is 5.75 Å². The summed E-state index contributed by atoms with van der Waals surface area (Å²) < 4.78 is 11.4. The van der Waals surface area contributed by atoms with Gasteiger partial charge in [-0.15, -0.1) is 0 Å². The van der Waals surface area contributed by atoms with Crippen LogP contribution in [0.3, 0.4) is 0 Å². The third-order valence-electron chi connectivity index (χ3n) is 4.75. The largest absolute Gasteiger partial charge is 0.494 e. The maximum Gasteiger partial charge on any atom is 0.266 e. The monoisotopic (exact) mass is 423 g/mol. The molecule has 0 saturated carbocycles. The van der Waals surface area contributed by atoms with E-state index in [1.54, 1.807) is 19.1 Å². The molecule has 164 valence electrons. The molecular formula is C24H29N3O4. The standard InChI is InChI=1S/C24H29N3O4/c1-27(2)26-23(29)24(15-6-10-19-8-4-3-5-9-19)18-31-22(25-24)20-11-13-21(14-12-20)30-17-7-16-28/h3-6,8-14,28H,7,15-18H2,1-2H3,(H,26,29)/b10-6+/t24-/m0/s1. The van der Waals surface area contributed by atoms with Crippen LogP contribution < -0.4 is 10.2 Å². The molecule has 1 amide bonds. The predicted molar refractivity (Wildman–Crippen MR) is 121 cm³/mol. The fraction of sp³-hybridized carbons (Fsp3) is 0.333. The van der Waals surface area contributed by atoms with Crippen molar-refractivity contribution in [1.29, 1.82) is 0 Å². The van der Waals surface area contributed by atoms with E-state index in [0.717, 1.165) is 11.1 Å². The molecule has 0 bridgehead atoms. The molecule has 1 aliphatic rings. The highest BCUT2D eigenvalue weighted by atomic mass is 16.5. The molecule has 0 spiro atoms. The highest BCUT2D eigenvalue weighted by molar-refractivity contribution is 6.00. The van der Waals surface area contributed by atoms with Crippen molar-refractivity contribution in [1.82, 2.24) is 10.4 Å². The van der Waals surface area contributed by atoms with Crippen LogP contribution in [0.4, 0.5) is 0 Å². The number of rotatable bonds is 10. The van der Waals surface area contributed by atoms with Crippen molar-refractivity contribution in [2.45, 2.75) is 18.4 Å². The lowest BCUT2D eigenvalue weighted by atomic mass is 9.95. The van der Waals surface area contributed by atoms with Crippen LogP contribution in [0.15, 0.2) is 65.7 Å². The van der Waals surface area contributed by atoms with Gasteiger partial charge in [-0.1, -0.05) is 42.5 Å². The van der Waals surface area contributed by atoms with E-state index >= 15 is 0 Å². The second kappa shape index (κ2) is 10.7. The maximum atomic E-state index is 13.0. The number of aliphatic imine (C=N–C) groups is 1. The minimum absolute atomic E-state index is 0.0958. The first-order valence-corrected chi connectivity index (χ1v) is 10.3. The molecule has 1 aliphatic heterocycles. The average molecular weight is 424 g/mol. The minimum Gasteiger partial charge on any atom is -0.494 e. The number of hydrazine groups is 1. The Hall–Kier alpha value is -3.16. The van der Waals surface area contributed by atoms with E-state index in [1.807, 2.05) is 66.7 Å². The summed E-state index contributed by atoms with van der Waals surface area (Å²) in [7, 11) is 3.53. The van der Waals surface area contributed by atoms with E-state index in [9.17, 15) is 4.79 Å². The molecular weight excluding hydrogens is 394 g/mol. The molecule has 2 N–H and O–H groups in total. The van der Waals surface area contributed by atoms with Gasteiger partial charge in [0.15, 0.2) is 5.54 Å². The number of aliphatic hydroxyl groups excluding tert-OH is 1. The van der Waals surface area contributed by atoms with Gasteiger partial charge in [0.1, 0.15) is 12.4 Å². The number of nitrogens with one attached hydrogen (secondary N) is 1. The number of hydrogen-bond acceptors (Lipinski definition) is 6. The van der Waals surface area contributed by atoms with E-state index in [0.29, 0.717) is 31.1 Å². The summed E-state index contributed by atoms with van der Waals surface area (Å²) in [6.07, 6.45) is 4.93. The van der Waals surface area contributed by atoms with Crippen molar-refractivity contribution in [3.05, 3.63) is 71.8 Å². The molecule has 2 aromatic carbocycles. The molecule has 0 saturated heterocycles. The van der Waals surface area contributed by atoms with Crippen LogP contribution >= 0.6 is 0 Å². The number of amides is 1. The zero-order valence-corrected chi connectivity index (χ0v) is 18.0. The molecule has 31 heavy (non-hydrogen) atoms. The highest BCUT2D eigenvalue weighted by Crippen LogP contribution is 2.28. The summed E-state index contributed by atoms with van der Waals surface area (Å²) in [4.78, 5) is 17.7. The molecule has 0 aromatic heterocycles. The van der Waals surface area contributed by atoms with Crippen molar-refractivity contribution in [2.75, 3.05) is 33.9 Å². The van der Waals surface area contributed by atoms with Gasteiger partial charge in [-0.2, -0.15) is 0 Å². The van der Waals surface area contributed by atoms with E-state index in [1.165, 1.54) is 0 Å². The molecule has 0 unspecified atom stereocenters. The van der Waals surface area contributed by atoms with Crippen molar-refractivity contribution in [3.8, 4) is 5.75 Å². The van der Waals surface area contributed by atoms with Gasteiger partial charge < -0.3 is 14.6 Å². The normalized spacial score (nSPS) is 18.1. The Morgan fingerprint density at radius 1 is 1.23 bits per heavy atom. The summed E-state index contributed by atoms with van der Waals surface area (Å²) in [6, 6.07) is 17.3. The molecule has 1 heterocycles. The van der Waals surface area contributed by atoms with Crippen LogP contribution in [0.25, 0.3) is 6.08 Å². The molecule has 1 atom stereocenters.